The van der Waals surface area contributed by atoms with Crippen LogP contribution in [0, 0.1) is 5.92 Å². The van der Waals surface area contributed by atoms with Crippen molar-refractivity contribution in [2.24, 2.45) is 5.92 Å². The molecule has 1 saturated heterocycles. The van der Waals surface area contributed by atoms with Crippen LogP contribution in [0.5, 0.6) is 0 Å². The largest absolute Gasteiger partial charge is 0.416 e. The summed E-state index contributed by atoms with van der Waals surface area (Å²) in [5.74, 6) is -0.605. The van der Waals surface area contributed by atoms with Gasteiger partial charge in [0.15, 0.2) is 0 Å². The van der Waals surface area contributed by atoms with Crippen LogP contribution < -0.4 is 5.32 Å². The van der Waals surface area contributed by atoms with Gasteiger partial charge in [-0.2, -0.15) is 13.2 Å². The van der Waals surface area contributed by atoms with Gasteiger partial charge in [-0.25, -0.2) is 0 Å². The second-order valence-electron chi connectivity index (χ2n) is 5.61. The molecule has 0 unspecified atom stereocenters. The zero-order chi connectivity index (χ0) is 16.4. The van der Waals surface area contributed by atoms with E-state index in [9.17, 15) is 18.0 Å². The molecular weight excluding hydrogens is 305 g/mol. The van der Waals surface area contributed by atoms with E-state index in [0.29, 0.717) is 6.54 Å². The second kappa shape index (κ2) is 6.02. The molecule has 1 aliphatic rings. The van der Waals surface area contributed by atoms with Crippen LogP contribution in [0.2, 0.25) is 0 Å². The van der Waals surface area contributed by atoms with Crippen LogP contribution in [0.1, 0.15) is 22.7 Å². The number of nitrogens with one attached hydrogen (secondary N) is 1. The summed E-state index contributed by atoms with van der Waals surface area (Å²) in [6.07, 6.45) is -3.08. The van der Waals surface area contributed by atoms with Crippen LogP contribution in [0.3, 0.4) is 0 Å². The minimum absolute atomic E-state index is 0.0555. The van der Waals surface area contributed by atoms with E-state index in [0.717, 1.165) is 23.9 Å². The van der Waals surface area contributed by atoms with Gasteiger partial charge in [-0.1, -0.05) is 30.3 Å². The third-order valence-electron chi connectivity index (χ3n) is 4.12. The first-order valence-electron chi connectivity index (χ1n) is 7.30. The van der Waals surface area contributed by atoms with Crippen molar-refractivity contribution in [2.75, 3.05) is 6.54 Å². The number of halogens is 3. The van der Waals surface area contributed by atoms with Gasteiger partial charge in [0.1, 0.15) is 0 Å². The SMILES string of the molecule is O=C1NC[C@@H](c2ccccc2)[C@H]1Cc1cc(C(F)(F)F)ccn1. The number of benzene rings is 1. The van der Waals surface area contributed by atoms with Crippen LogP contribution in [0.25, 0.3) is 0 Å². The van der Waals surface area contributed by atoms with Crippen molar-refractivity contribution in [1.29, 1.82) is 0 Å². The zero-order valence-corrected chi connectivity index (χ0v) is 12.2. The van der Waals surface area contributed by atoms with Crippen molar-refractivity contribution in [1.82, 2.24) is 10.3 Å². The molecule has 1 fully saturated rings. The van der Waals surface area contributed by atoms with Crippen LogP contribution in [-0.2, 0) is 17.4 Å². The molecule has 0 saturated carbocycles. The normalized spacial score (nSPS) is 21.3. The highest BCUT2D eigenvalue weighted by Crippen LogP contribution is 2.33. The third-order valence-corrected chi connectivity index (χ3v) is 4.12. The molecule has 2 heterocycles. The van der Waals surface area contributed by atoms with Crippen LogP contribution in [-0.4, -0.2) is 17.4 Å². The van der Waals surface area contributed by atoms with Gasteiger partial charge in [0, 0.05) is 30.8 Å². The van der Waals surface area contributed by atoms with Gasteiger partial charge < -0.3 is 5.32 Å². The molecule has 1 aliphatic heterocycles. The summed E-state index contributed by atoms with van der Waals surface area (Å²) in [5.41, 5.74) is 0.544. The van der Waals surface area contributed by atoms with Gasteiger partial charge >= 0.3 is 6.18 Å². The molecule has 3 rings (SSSR count). The Labute approximate surface area is 131 Å². The van der Waals surface area contributed by atoms with E-state index in [1.807, 2.05) is 30.3 Å². The topological polar surface area (TPSA) is 42.0 Å². The maximum Gasteiger partial charge on any atom is 0.416 e. The van der Waals surface area contributed by atoms with E-state index in [1.54, 1.807) is 0 Å². The fourth-order valence-electron chi connectivity index (χ4n) is 2.94. The molecule has 0 aliphatic carbocycles. The summed E-state index contributed by atoms with van der Waals surface area (Å²) >= 11 is 0. The maximum absolute atomic E-state index is 12.8. The highest BCUT2D eigenvalue weighted by atomic mass is 19.4. The number of carbonyl (C=O) groups excluding carboxylic acids is 1. The number of hydrogen-bond acceptors (Lipinski definition) is 2. The number of rotatable bonds is 3. The molecule has 120 valence electrons. The summed E-state index contributed by atoms with van der Waals surface area (Å²) in [5, 5.41) is 2.79. The molecule has 1 amide bonds. The maximum atomic E-state index is 12.8. The van der Waals surface area contributed by atoms with Gasteiger partial charge in [0.25, 0.3) is 0 Å². The standard InChI is InChI=1S/C17H15F3N2O/c18-17(19,20)12-6-7-21-13(8-12)9-14-15(10-22-16(14)23)11-4-2-1-3-5-11/h1-8,14-15H,9-10H2,(H,22,23)/t14-,15+/m1/s1. The Morgan fingerprint density at radius 3 is 2.61 bits per heavy atom. The van der Waals surface area contributed by atoms with Crippen LogP contribution in [0.15, 0.2) is 48.7 Å². The number of pyridine rings is 1. The Balaban J connectivity index is 1.84. The number of amides is 1. The number of hydrogen-bond donors (Lipinski definition) is 1. The van der Waals surface area contributed by atoms with Gasteiger partial charge in [0.05, 0.1) is 11.5 Å². The first-order valence-corrected chi connectivity index (χ1v) is 7.30. The lowest BCUT2D eigenvalue weighted by Gasteiger charge is -2.17. The van der Waals surface area contributed by atoms with E-state index < -0.39 is 17.7 Å². The minimum atomic E-state index is -4.41. The Morgan fingerprint density at radius 1 is 1.17 bits per heavy atom. The average molecular weight is 320 g/mol. The monoisotopic (exact) mass is 320 g/mol. The average Bonchev–Trinajstić information content (AvgIpc) is 2.89. The number of alkyl halides is 3. The molecule has 2 atom stereocenters. The van der Waals surface area contributed by atoms with E-state index in [-0.39, 0.29) is 23.9 Å². The van der Waals surface area contributed by atoms with Crippen LogP contribution in [0.4, 0.5) is 13.2 Å². The Hall–Kier alpha value is -2.37. The summed E-state index contributed by atoms with van der Waals surface area (Å²) in [7, 11) is 0. The van der Waals surface area contributed by atoms with Crippen LogP contribution >= 0.6 is 0 Å². The third kappa shape index (κ3) is 3.36. The molecule has 2 aromatic rings. The smallest absolute Gasteiger partial charge is 0.355 e. The quantitative estimate of drug-likeness (QED) is 0.944. The van der Waals surface area contributed by atoms with Crippen molar-refractivity contribution < 1.29 is 18.0 Å². The van der Waals surface area contributed by atoms with E-state index in [4.69, 9.17) is 0 Å². The molecule has 1 N–H and O–H groups in total. The van der Waals surface area contributed by atoms with E-state index in [1.165, 1.54) is 0 Å². The molecule has 0 bridgehead atoms. The molecule has 6 heteroatoms. The summed E-state index contributed by atoms with van der Waals surface area (Å²) in [6.45, 7) is 0.493. The summed E-state index contributed by atoms with van der Waals surface area (Å²) in [4.78, 5) is 16.1. The lowest BCUT2D eigenvalue weighted by Crippen LogP contribution is -2.22. The Morgan fingerprint density at radius 2 is 1.91 bits per heavy atom. The minimum Gasteiger partial charge on any atom is -0.355 e. The fraction of sp³-hybridized carbons (Fsp3) is 0.294. The molecule has 0 radical (unpaired) electrons. The van der Waals surface area contributed by atoms with Gasteiger partial charge in [-0.05, 0) is 17.7 Å². The van der Waals surface area contributed by atoms with Gasteiger partial charge in [0.2, 0.25) is 5.91 Å². The van der Waals surface area contributed by atoms with Crippen molar-refractivity contribution in [3.8, 4) is 0 Å². The van der Waals surface area contributed by atoms with E-state index >= 15 is 0 Å². The number of nitrogens with zero attached hydrogens (tertiary/aromatic N) is 1. The van der Waals surface area contributed by atoms with Crippen molar-refractivity contribution >= 4 is 5.91 Å². The van der Waals surface area contributed by atoms with Gasteiger partial charge in [-0.15, -0.1) is 0 Å². The fourth-order valence-corrected chi connectivity index (χ4v) is 2.94. The lowest BCUT2D eigenvalue weighted by atomic mass is 9.85. The highest BCUT2D eigenvalue weighted by Gasteiger charge is 2.36. The van der Waals surface area contributed by atoms with Gasteiger partial charge in [-0.3, -0.25) is 9.78 Å². The van der Waals surface area contributed by atoms with E-state index in [2.05, 4.69) is 10.3 Å². The number of aromatic nitrogens is 1. The Bertz CT molecular complexity index is 700. The summed E-state index contributed by atoms with van der Waals surface area (Å²) < 4.78 is 38.4. The van der Waals surface area contributed by atoms with Crippen molar-refractivity contribution in [2.45, 2.75) is 18.5 Å². The van der Waals surface area contributed by atoms with Crippen molar-refractivity contribution in [3.63, 3.8) is 0 Å². The summed E-state index contributed by atoms with van der Waals surface area (Å²) in [6, 6.07) is 11.5. The Kier molecular flexibility index (Phi) is 4.07. The number of carbonyl (C=O) groups is 1. The molecule has 23 heavy (non-hydrogen) atoms. The molecule has 1 aromatic heterocycles. The first kappa shape index (κ1) is 15.5. The lowest BCUT2D eigenvalue weighted by molar-refractivity contribution is -0.137. The molecule has 0 spiro atoms. The molecule has 1 aromatic carbocycles. The zero-order valence-electron chi connectivity index (χ0n) is 12.2. The predicted molar refractivity (Wildman–Crippen MR) is 78.6 cm³/mol. The highest BCUT2D eigenvalue weighted by molar-refractivity contribution is 5.82. The molecule has 3 nitrogen and oxygen atoms in total. The second-order valence-corrected chi connectivity index (χ2v) is 5.61. The first-order chi connectivity index (χ1) is 10.9. The van der Waals surface area contributed by atoms with Crippen molar-refractivity contribution in [3.05, 3.63) is 65.5 Å². The molecular formula is C17H15F3N2O. The predicted octanol–water partition coefficient (Wildman–Crippen LogP) is 3.17.